The standard InChI is InChI=1S/C31H42N4O3/c1-21-4-11-29-26(16-21)18-30-27(19-32-33(30)3)20-35(29)31(38)25-8-5-23(6-9-25)7-10-28(37)17-24-12-14-34(15-13-24)22(2)36/h4,11,16,19,23-25H,5-10,12-15,17-18,20H2,1-3H3. The molecule has 2 amide bonds. The summed E-state index contributed by atoms with van der Waals surface area (Å²) in [5.74, 6) is 1.74. The minimum Gasteiger partial charge on any atom is -0.343 e. The molecular weight excluding hydrogens is 476 g/mol. The van der Waals surface area contributed by atoms with E-state index in [-0.39, 0.29) is 17.7 Å². The lowest BCUT2D eigenvalue weighted by Crippen LogP contribution is -2.37. The van der Waals surface area contributed by atoms with Crippen LogP contribution in [0.2, 0.25) is 0 Å². The van der Waals surface area contributed by atoms with E-state index in [0.717, 1.165) is 75.7 Å². The van der Waals surface area contributed by atoms with E-state index in [1.807, 2.05) is 27.7 Å². The maximum absolute atomic E-state index is 13.8. The Morgan fingerprint density at radius 2 is 1.71 bits per heavy atom. The summed E-state index contributed by atoms with van der Waals surface area (Å²) < 4.78 is 1.94. The highest BCUT2D eigenvalue weighted by Gasteiger charge is 2.33. The molecule has 1 aromatic heterocycles. The first kappa shape index (κ1) is 26.6. The van der Waals surface area contributed by atoms with Crippen LogP contribution in [-0.4, -0.2) is 45.4 Å². The van der Waals surface area contributed by atoms with Gasteiger partial charge in [0.2, 0.25) is 11.8 Å². The van der Waals surface area contributed by atoms with Gasteiger partial charge in [0, 0.05) is 69.2 Å². The maximum atomic E-state index is 13.8. The predicted molar refractivity (Wildman–Crippen MR) is 148 cm³/mol. The zero-order valence-electron chi connectivity index (χ0n) is 23.2. The second-order valence-electron chi connectivity index (χ2n) is 11.9. The number of hydrogen-bond acceptors (Lipinski definition) is 4. The van der Waals surface area contributed by atoms with Gasteiger partial charge in [0.05, 0.1) is 12.7 Å². The molecule has 0 radical (unpaired) electrons. The van der Waals surface area contributed by atoms with Crippen molar-refractivity contribution in [2.75, 3.05) is 18.0 Å². The molecule has 2 aromatic rings. The molecule has 1 saturated heterocycles. The van der Waals surface area contributed by atoms with E-state index in [0.29, 0.717) is 37.0 Å². The number of anilines is 1. The number of nitrogens with zero attached hydrogens (tertiary/aromatic N) is 4. The number of likely N-dealkylation sites (tertiary alicyclic amines) is 1. The highest BCUT2D eigenvalue weighted by atomic mass is 16.2. The molecule has 1 aromatic carbocycles. The normalized spacial score (nSPS) is 22.0. The second-order valence-corrected chi connectivity index (χ2v) is 11.9. The molecule has 7 heteroatoms. The molecule has 7 nitrogen and oxygen atoms in total. The molecule has 38 heavy (non-hydrogen) atoms. The summed E-state index contributed by atoms with van der Waals surface area (Å²) in [6.07, 6.45) is 10.7. The number of benzene rings is 1. The van der Waals surface area contributed by atoms with Gasteiger partial charge in [-0.1, -0.05) is 17.7 Å². The third-order valence-corrected chi connectivity index (χ3v) is 9.23. The molecule has 0 bridgehead atoms. The van der Waals surface area contributed by atoms with Crippen molar-refractivity contribution in [3.05, 3.63) is 46.8 Å². The number of aryl methyl sites for hydroxylation is 2. The molecule has 2 aliphatic heterocycles. The van der Waals surface area contributed by atoms with Gasteiger partial charge < -0.3 is 9.80 Å². The van der Waals surface area contributed by atoms with Gasteiger partial charge in [0.25, 0.3) is 0 Å². The van der Waals surface area contributed by atoms with Crippen molar-refractivity contribution in [2.45, 2.75) is 84.6 Å². The molecule has 204 valence electrons. The summed E-state index contributed by atoms with van der Waals surface area (Å²) in [6.45, 7) is 5.88. The van der Waals surface area contributed by atoms with Crippen LogP contribution < -0.4 is 4.90 Å². The molecule has 5 rings (SSSR count). The van der Waals surface area contributed by atoms with E-state index in [4.69, 9.17) is 0 Å². The highest BCUT2D eigenvalue weighted by molar-refractivity contribution is 5.96. The number of ketones is 1. The summed E-state index contributed by atoms with van der Waals surface area (Å²) in [6, 6.07) is 6.43. The van der Waals surface area contributed by atoms with Crippen molar-refractivity contribution in [1.82, 2.24) is 14.7 Å². The number of amides is 2. The van der Waals surface area contributed by atoms with Crippen LogP contribution in [0.5, 0.6) is 0 Å². The van der Waals surface area contributed by atoms with Gasteiger partial charge in [-0.25, -0.2) is 0 Å². The lowest BCUT2D eigenvalue weighted by Gasteiger charge is -2.33. The zero-order valence-corrected chi connectivity index (χ0v) is 23.2. The lowest BCUT2D eigenvalue weighted by atomic mass is 9.78. The Balaban J connectivity index is 1.13. The molecule has 1 saturated carbocycles. The van der Waals surface area contributed by atoms with E-state index < -0.39 is 0 Å². The number of fused-ring (bicyclic) bond motifs is 2. The summed E-state index contributed by atoms with van der Waals surface area (Å²) in [4.78, 5) is 41.9. The Morgan fingerprint density at radius 1 is 0.974 bits per heavy atom. The molecular formula is C31H42N4O3. The summed E-state index contributed by atoms with van der Waals surface area (Å²) >= 11 is 0. The van der Waals surface area contributed by atoms with Crippen LogP contribution in [0.25, 0.3) is 0 Å². The van der Waals surface area contributed by atoms with Crippen molar-refractivity contribution in [3.63, 3.8) is 0 Å². The minimum atomic E-state index is 0.0424. The number of piperidine rings is 1. The fourth-order valence-electron chi connectivity index (χ4n) is 6.78. The van der Waals surface area contributed by atoms with Gasteiger partial charge in [-0.2, -0.15) is 5.10 Å². The number of carbonyl (C=O) groups excluding carboxylic acids is 3. The number of Topliss-reactive ketones (excluding diaryl/α,β-unsaturated/α-hetero) is 1. The minimum absolute atomic E-state index is 0.0424. The predicted octanol–water partition coefficient (Wildman–Crippen LogP) is 4.97. The van der Waals surface area contributed by atoms with Crippen LogP contribution in [0.1, 0.15) is 87.1 Å². The van der Waals surface area contributed by atoms with Gasteiger partial charge in [-0.15, -0.1) is 0 Å². The van der Waals surface area contributed by atoms with Gasteiger partial charge >= 0.3 is 0 Å². The van der Waals surface area contributed by atoms with Crippen LogP contribution in [0, 0.1) is 24.7 Å². The van der Waals surface area contributed by atoms with Crippen molar-refractivity contribution < 1.29 is 14.4 Å². The molecule has 0 spiro atoms. The number of carbonyl (C=O) groups is 3. The van der Waals surface area contributed by atoms with Crippen molar-refractivity contribution >= 4 is 23.3 Å². The molecule has 0 atom stereocenters. The van der Waals surface area contributed by atoms with Gasteiger partial charge in [0.1, 0.15) is 5.78 Å². The van der Waals surface area contributed by atoms with Gasteiger partial charge in [-0.3, -0.25) is 19.1 Å². The fraction of sp³-hybridized carbons (Fsp3) is 0.613. The van der Waals surface area contributed by atoms with E-state index in [9.17, 15) is 14.4 Å². The largest absolute Gasteiger partial charge is 0.343 e. The van der Waals surface area contributed by atoms with Crippen molar-refractivity contribution in [3.8, 4) is 0 Å². The first-order valence-corrected chi connectivity index (χ1v) is 14.5. The summed E-state index contributed by atoms with van der Waals surface area (Å²) in [5, 5.41) is 4.47. The van der Waals surface area contributed by atoms with Crippen LogP contribution in [0.4, 0.5) is 5.69 Å². The molecule has 3 aliphatic rings. The third-order valence-electron chi connectivity index (χ3n) is 9.23. The van der Waals surface area contributed by atoms with E-state index >= 15 is 0 Å². The molecule has 0 N–H and O–H groups in total. The molecule has 2 fully saturated rings. The summed E-state index contributed by atoms with van der Waals surface area (Å²) in [7, 11) is 1.98. The fourth-order valence-corrected chi connectivity index (χ4v) is 6.78. The van der Waals surface area contributed by atoms with Crippen LogP contribution in [-0.2, 0) is 34.4 Å². The maximum Gasteiger partial charge on any atom is 0.230 e. The SMILES string of the molecule is CC(=O)N1CCC(CC(=O)CCC2CCC(C(=O)N3Cc4cnn(C)c4Cc4cc(C)ccc43)CC2)CC1. The van der Waals surface area contributed by atoms with E-state index in [1.165, 1.54) is 16.8 Å². The Morgan fingerprint density at radius 3 is 2.42 bits per heavy atom. The summed E-state index contributed by atoms with van der Waals surface area (Å²) in [5.41, 5.74) is 5.76. The molecule has 1 aliphatic carbocycles. The monoisotopic (exact) mass is 518 g/mol. The highest BCUT2D eigenvalue weighted by Crippen LogP contribution is 2.37. The van der Waals surface area contributed by atoms with Crippen LogP contribution in [0.3, 0.4) is 0 Å². The Bertz CT molecular complexity index is 1190. The smallest absolute Gasteiger partial charge is 0.230 e. The molecule has 0 unspecified atom stereocenters. The Kier molecular flexibility index (Phi) is 8.01. The number of hydrogen-bond donors (Lipinski definition) is 0. The number of rotatable bonds is 6. The van der Waals surface area contributed by atoms with E-state index in [1.54, 1.807) is 6.92 Å². The zero-order chi connectivity index (χ0) is 26.8. The van der Waals surface area contributed by atoms with Crippen molar-refractivity contribution in [2.24, 2.45) is 24.8 Å². The molecule has 3 heterocycles. The van der Waals surface area contributed by atoms with E-state index in [2.05, 4.69) is 30.2 Å². The lowest BCUT2D eigenvalue weighted by molar-refractivity contribution is -0.130. The topological polar surface area (TPSA) is 75.5 Å². The van der Waals surface area contributed by atoms with Crippen LogP contribution >= 0.6 is 0 Å². The van der Waals surface area contributed by atoms with Gasteiger partial charge in [0.15, 0.2) is 0 Å². The van der Waals surface area contributed by atoms with Crippen molar-refractivity contribution in [1.29, 1.82) is 0 Å². The average Bonchev–Trinajstić information content (AvgIpc) is 3.16. The Labute approximate surface area is 226 Å². The average molecular weight is 519 g/mol. The second kappa shape index (κ2) is 11.4. The first-order chi connectivity index (χ1) is 18.3. The van der Waals surface area contributed by atoms with Gasteiger partial charge in [-0.05, 0) is 75.3 Å². The first-order valence-electron chi connectivity index (χ1n) is 14.5. The third kappa shape index (κ3) is 5.87. The quantitative estimate of drug-likeness (QED) is 0.541. The number of aromatic nitrogens is 2. The Hall–Kier alpha value is -2.96. The van der Waals surface area contributed by atoms with Crippen LogP contribution in [0.15, 0.2) is 24.4 Å².